The van der Waals surface area contributed by atoms with Crippen molar-refractivity contribution in [3.05, 3.63) is 28.8 Å². The molecule has 0 unspecified atom stereocenters. The predicted octanol–water partition coefficient (Wildman–Crippen LogP) is 2.74. The van der Waals surface area contributed by atoms with E-state index in [2.05, 4.69) is 11.4 Å². The first kappa shape index (κ1) is 12.8. The van der Waals surface area contributed by atoms with Crippen LogP contribution in [0.1, 0.15) is 18.4 Å². The summed E-state index contributed by atoms with van der Waals surface area (Å²) in [5, 5.41) is 12.2. The number of halogens is 1. The molecule has 16 heavy (non-hydrogen) atoms. The maximum Gasteiger partial charge on any atom is 0.123 e. The molecule has 1 N–H and O–H groups in total. The molecule has 0 aliphatic rings. The second-order valence-electron chi connectivity index (χ2n) is 3.39. The first-order valence-electron chi connectivity index (χ1n) is 5.20. The van der Waals surface area contributed by atoms with Gasteiger partial charge in [0.2, 0.25) is 0 Å². The molecule has 0 spiro atoms. The van der Waals surface area contributed by atoms with Gasteiger partial charge in [0, 0.05) is 23.6 Å². The van der Waals surface area contributed by atoms with Crippen molar-refractivity contribution in [1.82, 2.24) is 5.32 Å². The molecule has 0 atom stereocenters. The molecular formula is C12H15ClN2O. The molecule has 0 amide bonds. The summed E-state index contributed by atoms with van der Waals surface area (Å²) < 4.78 is 5.60. The number of hydrogen-bond donors (Lipinski definition) is 1. The number of unbranched alkanes of at least 4 members (excludes halogenated alkanes) is 1. The van der Waals surface area contributed by atoms with E-state index in [-0.39, 0.29) is 0 Å². The molecule has 0 aromatic heterocycles. The topological polar surface area (TPSA) is 45.0 Å². The zero-order valence-electron chi connectivity index (χ0n) is 9.29. The molecule has 3 nitrogen and oxygen atoms in total. The summed E-state index contributed by atoms with van der Waals surface area (Å²) in [6.07, 6.45) is 1.27. The fourth-order valence-electron chi connectivity index (χ4n) is 1.35. The smallest absolute Gasteiger partial charge is 0.123 e. The predicted molar refractivity (Wildman–Crippen MR) is 64.6 cm³/mol. The monoisotopic (exact) mass is 238 g/mol. The van der Waals surface area contributed by atoms with Crippen molar-refractivity contribution >= 4 is 11.6 Å². The van der Waals surface area contributed by atoms with Gasteiger partial charge in [0.25, 0.3) is 0 Å². The zero-order valence-corrected chi connectivity index (χ0v) is 10.0. The van der Waals surface area contributed by atoms with E-state index < -0.39 is 0 Å². The van der Waals surface area contributed by atoms with E-state index in [1.165, 1.54) is 0 Å². The van der Waals surface area contributed by atoms with Gasteiger partial charge in [0.05, 0.1) is 12.7 Å². The van der Waals surface area contributed by atoms with Crippen molar-refractivity contribution in [3.63, 3.8) is 0 Å². The highest BCUT2D eigenvalue weighted by molar-refractivity contribution is 6.30. The first-order valence-corrected chi connectivity index (χ1v) is 5.58. The molecule has 0 radical (unpaired) electrons. The van der Waals surface area contributed by atoms with Crippen LogP contribution in [-0.4, -0.2) is 13.7 Å². The molecule has 0 aliphatic carbocycles. The van der Waals surface area contributed by atoms with Crippen LogP contribution in [-0.2, 0) is 6.54 Å². The Hall–Kier alpha value is -1.24. The number of nitrogens with one attached hydrogen (secondary N) is 1. The maximum absolute atomic E-state index is 8.41. The molecule has 0 saturated carbocycles. The average molecular weight is 239 g/mol. The summed E-state index contributed by atoms with van der Waals surface area (Å²) in [6.45, 7) is 1.28. The lowest BCUT2D eigenvalue weighted by molar-refractivity contribution is 0.309. The van der Waals surface area contributed by atoms with Crippen molar-refractivity contribution in [2.24, 2.45) is 0 Å². The molecule has 4 heteroatoms. The Kier molecular flexibility index (Phi) is 5.69. The van der Waals surface area contributed by atoms with Gasteiger partial charge in [-0.05, 0) is 31.7 Å². The van der Waals surface area contributed by atoms with Gasteiger partial charge in [0.1, 0.15) is 5.75 Å². The quantitative estimate of drug-likeness (QED) is 0.776. The van der Waals surface area contributed by atoms with Crippen LogP contribution < -0.4 is 10.1 Å². The van der Waals surface area contributed by atoms with Crippen molar-refractivity contribution in [2.45, 2.75) is 19.4 Å². The number of benzene rings is 1. The van der Waals surface area contributed by atoms with Crippen LogP contribution >= 0.6 is 11.6 Å². The molecule has 1 aromatic carbocycles. The van der Waals surface area contributed by atoms with E-state index in [9.17, 15) is 0 Å². The van der Waals surface area contributed by atoms with Crippen LogP contribution in [0.4, 0.5) is 0 Å². The van der Waals surface area contributed by atoms with Crippen LogP contribution in [0.5, 0.6) is 5.75 Å². The number of nitriles is 1. The minimum absolute atomic E-state index is 0.523. The van der Waals surface area contributed by atoms with Crippen molar-refractivity contribution < 1.29 is 4.74 Å². The van der Waals surface area contributed by atoms with Crippen molar-refractivity contribution in [1.29, 1.82) is 5.26 Å². The third-order valence-corrected chi connectivity index (χ3v) is 2.32. The number of nitrogens with zero attached hydrogens (tertiary/aromatic N) is 1. The molecule has 0 heterocycles. The lowest BCUT2D eigenvalue weighted by Gasteiger charge is -2.11. The molecule has 86 valence electrons. The minimum Gasteiger partial charge on any atom is -0.493 e. The Morgan fingerprint density at radius 3 is 3.00 bits per heavy atom. The standard InChI is InChI=1S/C12H15ClN2O/c1-15-9-10-8-11(13)4-5-12(10)16-7-3-2-6-14/h4-5,8,15H,2-3,7,9H2,1H3. The summed E-state index contributed by atoms with van der Waals surface area (Å²) in [4.78, 5) is 0. The lowest BCUT2D eigenvalue weighted by Crippen LogP contribution is -2.08. The first-order chi connectivity index (χ1) is 7.77. The third-order valence-electron chi connectivity index (χ3n) is 2.08. The third kappa shape index (κ3) is 4.09. The Morgan fingerprint density at radius 1 is 1.50 bits per heavy atom. The Morgan fingerprint density at radius 2 is 2.31 bits per heavy atom. The lowest BCUT2D eigenvalue weighted by atomic mass is 10.2. The van der Waals surface area contributed by atoms with Crippen LogP contribution in [0.3, 0.4) is 0 Å². The molecule has 0 saturated heterocycles. The highest BCUT2D eigenvalue weighted by Crippen LogP contribution is 2.23. The van der Waals surface area contributed by atoms with E-state index in [0.717, 1.165) is 17.7 Å². The second-order valence-corrected chi connectivity index (χ2v) is 3.83. The van der Waals surface area contributed by atoms with Gasteiger partial charge >= 0.3 is 0 Å². The highest BCUT2D eigenvalue weighted by atomic mass is 35.5. The Labute approximate surface area is 101 Å². The largest absolute Gasteiger partial charge is 0.493 e. The molecule has 1 rings (SSSR count). The summed E-state index contributed by atoms with van der Waals surface area (Å²) in [5.41, 5.74) is 1.03. The second kappa shape index (κ2) is 7.10. The summed E-state index contributed by atoms with van der Waals surface area (Å²) in [5.74, 6) is 0.830. The van der Waals surface area contributed by atoms with Gasteiger partial charge in [-0.2, -0.15) is 5.26 Å². The molecule has 0 bridgehead atoms. The SMILES string of the molecule is CNCc1cc(Cl)ccc1OCCCC#N. The summed E-state index contributed by atoms with van der Waals surface area (Å²) in [6, 6.07) is 7.64. The number of rotatable bonds is 6. The van der Waals surface area contributed by atoms with Crippen molar-refractivity contribution in [2.75, 3.05) is 13.7 Å². The van der Waals surface area contributed by atoms with Crippen LogP contribution in [0.2, 0.25) is 5.02 Å². The molecular weight excluding hydrogens is 224 g/mol. The van der Waals surface area contributed by atoms with Gasteiger partial charge in [-0.1, -0.05) is 11.6 Å². The van der Waals surface area contributed by atoms with Crippen molar-refractivity contribution in [3.8, 4) is 11.8 Å². The molecule has 0 fully saturated rings. The normalized spacial score (nSPS) is 9.81. The highest BCUT2D eigenvalue weighted by Gasteiger charge is 2.03. The molecule has 0 aliphatic heterocycles. The van der Waals surface area contributed by atoms with E-state index in [4.69, 9.17) is 21.6 Å². The van der Waals surface area contributed by atoms with Gasteiger partial charge < -0.3 is 10.1 Å². The fraction of sp³-hybridized carbons (Fsp3) is 0.417. The van der Waals surface area contributed by atoms with Crippen LogP contribution in [0, 0.1) is 11.3 Å². The van der Waals surface area contributed by atoms with E-state index in [1.54, 1.807) is 6.07 Å². The molecule has 1 aromatic rings. The fourth-order valence-corrected chi connectivity index (χ4v) is 1.55. The van der Waals surface area contributed by atoms with Gasteiger partial charge in [0.15, 0.2) is 0 Å². The summed E-state index contributed by atoms with van der Waals surface area (Å²) >= 11 is 5.91. The zero-order chi connectivity index (χ0) is 11.8. The average Bonchev–Trinajstić information content (AvgIpc) is 2.27. The van der Waals surface area contributed by atoms with Crippen LogP contribution in [0.15, 0.2) is 18.2 Å². The van der Waals surface area contributed by atoms with Gasteiger partial charge in [-0.3, -0.25) is 0 Å². The number of ether oxygens (including phenoxy) is 1. The van der Waals surface area contributed by atoms with E-state index in [0.29, 0.717) is 24.6 Å². The van der Waals surface area contributed by atoms with Crippen LogP contribution in [0.25, 0.3) is 0 Å². The Bertz CT molecular complexity index is 374. The van der Waals surface area contributed by atoms with E-state index >= 15 is 0 Å². The minimum atomic E-state index is 0.523. The summed E-state index contributed by atoms with van der Waals surface area (Å²) in [7, 11) is 1.88. The van der Waals surface area contributed by atoms with Gasteiger partial charge in [-0.15, -0.1) is 0 Å². The van der Waals surface area contributed by atoms with E-state index in [1.807, 2.05) is 19.2 Å². The Balaban J connectivity index is 2.60. The number of hydrogen-bond acceptors (Lipinski definition) is 3. The maximum atomic E-state index is 8.41. The van der Waals surface area contributed by atoms with Gasteiger partial charge in [-0.25, -0.2) is 0 Å².